The Labute approximate surface area is 173 Å². The number of anilines is 1. The number of unbranched alkanes of at least 4 members (excludes halogenated alkanes) is 6. The number of pyridine rings is 1. The molecule has 0 saturated carbocycles. The molecule has 0 radical (unpaired) electrons. The SMILES string of the molecule is CCCCCCCCCNC(=O)c1sc2nc3c(cc2c1N)CCCCCC3. The van der Waals surface area contributed by atoms with Crippen LogP contribution in [0.4, 0.5) is 5.69 Å². The van der Waals surface area contributed by atoms with Gasteiger partial charge in [0.25, 0.3) is 5.91 Å². The second-order valence-corrected chi connectivity index (χ2v) is 9.08. The monoisotopic (exact) mass is 401 g/mol. The molecule has 4 nitrogen and oxygen atoms in total. The number of nitrogens with zero attached hydrogens (tertiary/aromatic N) is 1. The van der Waals surface area contributed by atoms with E-state index in [-0.39, 0.29) is 5.91 Å². The number of amides is 1. The molecular formula is C23H35N3OS. The first-order chi connectivity index (χ1) is 13.7. The fraction of sp³-hybridized carbons (Fsp3) is 0.652. The Morgan fingerprint density at radius 1 is 1.07 bits per heavy atom. The summed E-state index contributed by atoms with van der Waals surface area (Å²) in [5, 5.41) is 4.02. The molecule has 154 valence electrons. The van der Waals surface area contributed by atoms with Gasteiger partial charge in [-0.15, -0.1) is 11.3 Å². The van der Waals surface area contributed by atoms with Crippen molar-refractivity contribution in [2.45, 2.75) is 90.4 Å². The molecule has 2 heterocycles. The summed E-state index contributed by atoms with van der Waals surface area (Å²) in [5.74, 6) is -0.0427. The highest BCUT2D eigenvalue weighted by Gasteiger charge is 2.19. The number of carbonyl (C=O) groups excluding carboxylic acids is 1. The molecule has 3 rings (SSSR count). The number of nitrogen functional groups attached to an aromatic ring is 1. The van der Waals surface area contributed by atoms with Crippen LogP contribution in [0.3, 0.4) is 0 Å². The third-order valence-electron chi connectivity index (χ3n) is 5.77. The van der Waals surface area contributed by atoms with E-state index in [1.54, 1.807) is 0 Å². The Morgan fingerprint density at radius 2 is 1.79 bits per heavy atom. The third kappa shape index (κ3) is 5.47. The van der Waals surface area contributed by atoms with Gasteiger partial charge in [0.2, 0.25) is 0 Å². The largest absolute Gasteiger partial charge is 0.397 e. The zero-order valence-corrected chi connectivity index (χ0v) is 18.1. The predicted molar refractivity (Wildman–Crippen MR) is 120 cm³/mol. The van der Waals surface area contributed by atoms with Gasteiger partial charge in [-0.05, 0) is 43.7 Å². The van der Waals surface area contributed by atoms with Gasteiger partial charge in [-0.2, -0.15) is 0 Å². The maximum absolute atomic E-state index is 12.6. The number of carbonyl (C=O) groups is 1. The van der Waals surface area contributed by atoms with E-state index >= 15 is 0 Å². The maximum Gasteiger partial charge on any atom is 0.263 e. The van der Waals surface area contributed by atoms with Gasteiger partial charge in [-0.3, -0.25) is 4.79 Å². The van der Waals surface area contributed by atoms with Crippen molar-refractivity contribution in [1.29, 1.82) is 0 Å². The fourth-order valence-corrected chi connectivity index (χ4v) is 5.06. The number of nitrogens with two attached hydrogens (primary N) is 1. The zero-order valence-electron chi connectivity index (χ0n) is 17.3. The normalized spacial score (nSPS) is 14.5. The van der Waals surface area contributed by atoms with E-state index in [1.165, 1.54) is 86.8 Å². The summed E-state index contributed by atoms with van der Waals surface area (Å²) in [6.07, 6.45) is 15.9. The molecule has 0 unspecified atom stereocenters. The van der Waals surface area contributed by atoms with Gasteiger partial charge in [0.1, 0.15) is 9.71 Å². The number of hydrogen-bond donors (Lipinski definition) is 2. The molecule has 1 aliphatic carbocycles. The number of aryl methyl sites for hydroxylation is 2. The molecular weight excluding hydrogens is 366 g/mol. The van der Waals surface area contributed by atoms with Crippen LogP contribution in [0.25, 0.3) is 10.2 Å². The molecule has 0 spiro atoms. The average Bonchev–Trinajstić information content (AvgIpc) is 2.99. The fourth-order valence-electron chi connectivity index (χ4n) is 4.05. The predicted octanol–water partition coefficient (Wildman–Crippen LogP) is 6.02. The molecule has 3 N–H and O–H groups in total. The Hall–Kier alpha value is -1.62. The van der Waals surface area contributed by atoms with E-state index < -0.39 is 0 Å². The topological polar surface area (TPSA) is 68.0 Å². The second-order valence-electron chi connectivity index (χ2n) is 8.08. The zero-order chi connectivity index (χ0) is 19.8. The van der Waals surface area contributed by atoms with Crippen LogP contribution >= 0.6 is 11.3 Å². The molecule has 1 aliphatic rings. The van der Waals surface area contributed by atoms with Gasteiger partial charge < -0.3 is 11.1 Å². The van der Waals surface area contributed by atoms with Crippen LogP contribution in [-0.2, 0) is 12.8 Å². The van der Waals surface area contributed by atoms with Gasteiger partial charge in [0, 0.05) is 17.6 Å². The first-order valence-corrected chi connectivity index (χ1v) is 12.0. The molecule has 0 atom stereocenters. The van der Waals surface area contributed by atoms with Crippen molar-refractivity contribution in [3.05, 3.63) is 22.2 Å². The number of thiophene rings is 1. The van der Waals surface area contributed by atoms with Gasteiger partial charge in [-0.25, -0.2) is 4.98 Å². The molecule has 0 fully saturated rings. The van der Waals surface area contributed by atoms with Gasteiger partial charge in [0.05, 0.1) is 5.69 Å². The van der Waals surface area contributed by atoms with Crippen molar-refractivity contribution in [2.24, 2.45) is 0 Å². The van der Waals surface area contributed by atoms with Crippen LogP contribution in [0.2, 0.25) is 0 Å². The van der Waals surface area contributed by atoms with Crippen LogP contribution in [-0.4, -0.2) is 17.4 Å². The minimum Gasteiger partial charge on any atom is -0.397 e. The van der Waals surface area contributed by atoms with E-state index in [9.17, 15) is 4.79 Å². The first kappa shape index (κ1) is 21.1. The van der Waals surface area contributed by atoms with Crippen molar-refractivity contribution < 1.29 is 4.79 Å². The van der Waals surface area contributed by atoms with E-state index in [2.05, 4.69) is 18.3 Å². The summed E-state index contributed by atoms with van der Waals surface area (Å²) in [6, 6.07) is 2.20. The molecule has 2 aromatic heterocycles. The van der Waals surface area contributed by atoms with E-state index in [4.69, 9.17) is 10.7 Å². The van der Waals surface area contributed by atoms with Gasteiger partial charge >= 0.3 is 0 Å². The highest BCUT2D eigenvalue weighted by Crippen LogP contribution is 2.35. The van der Waals surface area contributed by atoms with E-state index in [1.807, 2.05) is 0 Å². The number of fused-ring (bicyclic) bond motifs is 2. The number of nitrogens with one attached hydrogen (secondary N) is 1. The Balaban J connectivity index is 1.58. The smallest absolute Gasteiger partial charge is 0.263 e. The highest BCUT2D eigenvalue weighted by atomic mass is 32.1. The molecule has 0 bridgehead atoms. The lowest BCUT2D eigenvalue weighted by Crippen LogP contribution is -2.24. The lowest BCUT2D eigenvalue weighted by Gasteiger charge is -2.12. The first-order valence-electron chi connectivity index (χ1n) is 11.2. The van der Waals surface area contributed by atoms with Crippen molar-refractivity contribution in [1.82, 2.24) is 10.3 Å². The van der Waals surface area contributed by atoms with Crippen LogP contribution in [0.5, 0.6) is 0 Å². The number of hydrogen-bond acceptors (Lipinski definition) is 4. The van der Waals surface area contributed by atoms with E-state index in [0.717, 1.165) is 36.0 Å². The standard InChI is InChI=1S/C23H35N3OS/c1-2-3-4-5-6-9-12-15-25-22(27)21-20(24)18-16-17-13-10-7-8-11-14-19(17)26-23(18)28-21/h16H,2-15,24H2,1H3,(H,25,27). The van der Waals surface area contributed by atoms with Crippen LogP contribution in [0.15, 0.2) is 6.07 Å². The summed E-state index contributed by atoms with van der Waals surface area (Å²) in [6.45, 7) is 2.97. The van der Waals surface area contributed by atoms with E-state index in [0.29, 0.717) is 10.6 Å². The molecule has 1 amide bonds. The summed E-state index contributed by atoms with van der Waals surface area (Å²) in [5.41, 5.74) is 9.49. The van der Waals surface area contributed by atoms with Gasteiger partial charge in [0.15, 0.2) is 0 Å². The van der Waals surface area contributed by atoms with Gasteiger partial charge in [-0.1, -0.05) is 58.3 Å². The Bertz CT molecular complexity index is 784. The summed E-state index contributed by atoms with van der Waals surface area (Å²) in [4.78, 5) is 19.1. The average molecular weight is 402 g/mol. The number of rotatable bonds is 9. The lowest BCUT2D eigenvalue weighted by atomic mass is 9.96. The highest BCUT2D eigenvalue weighted by molar-refractivity contribution is 7.21. The second kappa shape index (κ2) is 10.8. The van der Waals surface area contributed by atoms with Crippen molar-refractivity contribution in [3.63, 3.8) is 0 Å². The van der Waals surface area contributed by atoms with Crippen molar-refractivity contribution in [2.75, 3.05) is 12.3 Å². The summed E-state index contributed by atoms with van der Waals surface area (Å²) in [7, 11) is 0. The Kier molecular flexibility index (Phi) is 8.13. The maximum atomic E-state index is 12.6. The van der Waals surface area contributed by atoms with Crippen molar-refractivity contribution in [3.8, 4) is 0 Å². The summed E-state index contributed by atoms with van der Waals surface area (Å²) < 4.78 is 0. The molecule has 0 aromatic carbocycles. The lowest BCUT2D eigenvalue weighted by molar-refractivity contribution is 0.0958. The number of aromatic nitrogens is 1. The minimum atomic E-state index is -0.0427. The minimum absolute atomic E-state index is 0.0427. The van der Waals surface area contributed by atoms with Crippen molar-refractivity contribution >= 4 is 33.1 Å². The summed E-state index contributed by atoms with van der Waals surface area (Å²) >= 11 is 1.45. The molecule has 5 heteroatoms. The molecule has 0 saturated heterocycles. The van der Waals surface area contributed by atoms with Crippen LogP contribution in [0.1, 0.15) is 98.5 Å². The Morgan fingerprint density at radius 3 is 2.57 bits per heavy atom. The molecule has 0 aliphatic heterocycles. The molecule has 2 aromatic rings. The van der Waals surface area contributed by atoms with Crippen LogP contribution < -0.4 is 11.1 Å². The quantitative estimate of drug-likeness (QED) is 0.505. The third-order valence-corrected chi connectivity index (χ3v) is 6.89. The van der Waals surface area contributed by atoms with Crippen LogP contribution in [0, 0.1) is 0 Å². The molecule has 28 heavy (non-hydrogen) atoms.